The van der Waals surface area contributed by atoms with Crippen molar-refractivity contribution >= 4 is 5.97 Å². The van der Waals surface area contributed by atoms with Crippen molar-refractivity contribution in [2.45, 2.75) is 25.9 Å². The molecule has 0 amide bonds. The van der Waals surface area contributed by atoms with Crippen molar-refractivity contribution in [3.8, 4) is 5.75 Å². The van der Waals surface area contributed by atoms with E-state index in [1.165, 1.54) is 0 Å². The van der Waals surface area contributed by atoms with E-state index in [1.54, 1.807) is 12.1 Å². The highest BCUT2D eigenvalue weighted by Gasteiger charge is 2.30. The Labute approximate surface area is 82.3 Å². The highest BCUT2D eigenvalue weighted by atomic mass is 16.5. The largest absolute Gasteiger partial charge is 0.489 e. The maximum absolute atomic E-state index is 10.9. The second kappa shape index (κ2) is 3.01. The number of carbonyl (C=O) groups is 1. The molecule has 74 valence electrons. The molecule has 0 aromatic heterocycles. The van der Waals surface area contributed by atoms with Crippen molar-refractivity contribution in [1.29, 1.82) is 0 Å². The molecule has 0 radical (unpaired) electrons. The zero-order valence-corrected chi connectivity index (χ0v) is 8.15. The van der Waals surface area contributed by atoms with Crippen LogP contribution in [0.15, 0.2) is 18.2 Å². The SMILES string of the molecule is C[C@@H]1Oc2c(C(=O)O)cccc2[C@@H]1C. The summed E-state index contributed by atoms with van der Waals surface area (Å²) >= 11 is 0. The summed E-state index contributed by atoms with van der Waals surface area (Å²) in [6.07, 6.45) is 0.0606. The van der Waals surface area contributed by atoms with E-state index in [4.69, 9.17) is 9.84 Å². The lowest BCUT2D eigenvalue weighted by molar-refractivity contribution is 0.0691. The second-order valence-corrected chi connectivity index (χ2v) is 3.64. The number of ether oxygens (including phenoxy) is 1. The minimum absolute atomic E-state index is 0.0606. The van der Waals surface area contributed by atoms with Gasteiger partial charge in [0.1, 0.15) is 17.4 Å². The molecule has 0 bridgehead atoms. The Morgan fingerprint density at radius 1 is 1.43 bits per heavy atom. The quantitative estimate of drug-likeness (QED) is 0.742. The van der Waals surface area contributed by atoms with Crippen LogP contribution in [-0.4, -0.2) is 17.2 Å². The van der Waals surface area contributed by atoms with Gasteiger partial charge in [0.2, 0.25) is 0 Å². The van der Waals surface area contributed by atoms with Crippen molar-refractivity contribution in [3.63, 3.8) is 0 Å². The highest BCUT2D eigenvalue weighted by molar-refractivity contribution is 5.91. The van der Waals surface area contributed by atoms with E-state index in [9.17, 15) is 4.79 Å². The van der Waals surface area contributed by atoms with Crippen LogP contribution in [0.5, 0.6) is 5.75 Å². The number of hydrogen-bond donors (Lipinski definition) is 1. The fourth-order valence-electron chi connectivity index (χ4n) is 1.75. The molecule has 14 heavy (non-hydrogen) atoms. The van der Waals surface area contributed by atoms with Crippen molar-refractivity contribution in [2.24, 2.45) is 0 Å². The van der Waals surface area contributed by atoms with E-state index in [-0.39, 0.29) is 17.6 Å². The number of carboxylic acids is 1. The number of para-hydroxylation sites is 1. The van der Waals surface area contributed by atoms with Gasteiger partial charge in [-0.25, -0.2) is 4.79 Å². The molecule has 0 saturated heterocycles. The Kier molecular flexibility index (Phi) is 1.95. The zero-order chi connectivity index (χ0) is 10.3. The molecule has 3 nitrogen and oxygen atoms in total. The molecular formula is C11H12O3. The fraction of sp³-hybridized carbons (Fsp3) is 0.364. The first-order valence-corrected chi connectivity index (χ1v) is 4.64. The van der Waals surface area contributed by atoms with Crippen LogP contribution in [0.2, 0.25) is 0 Å². The van der Waals surface area contributed by atoms with E-state index in [0.29, 0.717) is 5.75 Å². The van der Waals surface area contributed by atoms with Gasteiger partial charge in [-0.2, -0.15) is 0 Å². The zero-order valence-electron chi connectivity index (χ0n) is 8.15. The lowest BCUT2D eigenvalue weighted by atomic mass is 9.97. The molecule has 2 rings (SSSR count). The molecule has 2 atom stereocenters. The Morgan fingerprint density at radius 3 is 2.79 bits per heavy atom. The third-order valence-corrected chi connectivity index (χ3v) is 2.77. The predicted molar refractivity (Wildman–Crippen MR) is 51.9 cm³/mol. The molecule has 0 spiro atoms. The van der Waals surface area contributed by atoms with Crippen molar-refractivity contribution in [3.05, 3.63) is 29.3 Å². The molecule has 1 aromatic rings. The number of aromatic carboxylic acids is 1. The fourth-order valence-corrected chi connectivity index (χ4v) is 1.75. The second-order valence-electron chi connectivity index (χ2n) is 3.64. The van der Waals surface area contributed by atoms with E-state index in [0.717, 1.165) is 5.56 Å². The summed E-state index contributed by atoms with van der Waals surface area (Å²) in [5.74, 6) is -0.118. The molecule has 3 heteroatoms. The van der Waals surface area contributed by atoms with Crippen molar-refractivity contribution in [1.82, 2.24) is 0 Å². The molecule has 0 aliphatic carbocycles. The van der Waals surface area contributed by atoms with Gasteiger partial charge in [-0.05, 0) is 13.0 Å². The van der Waals surface area contributed by atoms with Crippen LogP contribution >= 0.6 is 0 Å². The molecule has 0 fully saturated rings. The predicted octanol–water partition coefficient (Wildman–Crippen LogP) is 2.27. The first-order valence-electron chi connectivity index (χ1n) is 4.64. The Balaban J connectivity index is 2.56. The Morgan fingerprint density at radius 2 is 2.14 bits per heavy atom. The average molecular weight is 192 g/mol. The summed E-state index contributed by atoms with van der Waals surface area (Å²) in [5, 5.41) is 8.94. The van der Waals surface area contributed by atoms with Crippen LogP contribution in [-0.2, 0) is 0 Å². The van der Waals surface area contributed by atoms with Crippen LogP contribution in [0.4, 0.5) is 0 Å². The van der Waals surface area contributed by atoms with E-state index in [2.05, 4.69) is 0 Å². The monoisotopic (exact) mass is 192 g/mol. The maximum Gasteiger partial charge on any atom is 0.339 e. The molecule has 1 heterocycles. The normalized spacial score (nSPS) is 24.1. The van der Waals surface area contributed by atoms with Gasteiger partial charge in [-0.1, -0.05) is 19.1 Å². The Hall–Kier alpha value is -1.51. The van der Waals surface area contributed by atoms with Gasteiger partial charge in [0.15, 0.2) is 0 Å². The first-order chi connectivity index (χ1) is 6.61. The number of fused-ring (bicyclic) bond motifs is 1. The van der Waals surface area contributed by atoms with Crippen LogP contribution < -0.4 is 4.74 Å². The van der Waals surface area contributed by atoms with Crippen LogP contribution in [0, 0.1) is 0 Å². The maximum atomic E-state index is 10.9. The molecule has 0 saturated carbocycles. The summed E-state index contributed by atoms with van der Waals surface area (Å²) in [6, 6.07) is 5.27. The lowest BCUT2D eigenvalue weighted by Gasteiger charge is -2.07. The number of hydrogen-bond acceptors (Lipinski definition) is 2. The van der Waals surface area contributed by atoms with Crippen LogP contribution in [0.3, 0.4) is 0 Å². The third kappa shape index (κ3) is 1.16. The van der Waals surface area contributed by atoms with Gasteiger partial charge < -0.3 is 9.84 Å². The Bertz CT molecular complexity index is 384. The third-order valence-electron chi connectivity index (χ3n) is 2.77. The average Bonchev–Trinajstić information content (AvgIpc) is 2.43. The lowest BCUT2D eigenvalue weighted by Crippen LogP contribution is -2.11. The van der Waals surface area contributed by atoms with E-state index < -0.39 is 5.97 Å². The summed E-state index contributed by atoms with van der Waals surface area (Å²) in [6.45, 7) is 4.00. The van der Waals surface area contributed by atoms with E-state index >= 15 is 0 Å². The smallest absolute Gasteiger partial charge is 0.339 e. The molecule has 1 aliphatic heterocycles. The standard InChI is InChI=1S/C11H12O3/c1-6-7(2)14-10-8(6)4-3-5-9(10)11(12)13/h3-7H,1-2H3,(H,12,13)/t6-,7+/m1/s1. The number of benzene rings is 1. The van der Waals surface area contributed by atoms with Gasteiger partial charge in [0.05, 0.1) is 0 Å². The van der Waals surface area contributed by atoms with Gasteiger partial charge in [0, 0.05) is 11.5 Å². The van der Waals surface area contributed by atoms with Crippen LogP contribution in [0.25, 0.3) is 0 Å². The summed E-state index contributed by atoms with van der Waals surface area (Å²) in [4.78, 5) is 10.9. The molecule has 1 aliphatic rings. The molecule has 1 aromatic carbocycles. The van der Waals surface area contributed by atoms with Crippen LogP contribution in [0.1, 0.15) is 35.7 Å². The highest BCUT2D eigenvalue weighted by Crippen LogP contribution is 2.39. The minimum Gasteiger partial charge on any atom is -0.489 e. The summed E-state index contributed by atoms with van der Waals surface area (Å²) in [7, 11) is 0. The van der Waals surface area contributed by atoms with E-state index in [1.807, 2.05) is 19.9 Å². The van der Waals surface area contributed by atoms with Gasteiger partial charge in [-0.3, -0.25) is 0 Å². The topological polar surface area (TPSA) is 46.5 Å². The van der Waals surface area contributed by atoms with Crippen molar-refractivity contribution in [2.75, 3.05) is 0 Å². The molecule has 0 unspecified atom stereocenters. The molecule has 1 N–H and O–H groups in total. The first kappa shape index (κ1) is 9.06. The number of carboxylic acid groups (broad SMARTS) is 1. The van der Waals surface area contributed by atoms with Gasteiger partial charge >= 0.3 is 5.97 Å². The van der Waals surface area contributed by atoms with Crippen molar-refractivity contribution < 1.29 is 14.6 Å². The number of rotatable bonds is 1. The molecular weight excluding hydrogens is 180 g/mol. The summed E-state index contributed by atoms with van der Waals surface area (Å²) < 4.78 is 5.53. The minimum atomic E-state index is -0.928. The van der Waals surface area contributed by atoms with Gasteiger partial charge in [-0.15, -0.1) is 0 Å². The van der Waals surface area contributed by atoms with Gasteiger partial charge in [0.25, 0.3) is 0 Å². The summed E-state index contributed by atoms with van der Waals surface area (Å²) in [5.41, 5.74) is 1.26.